The first-order chi connectivity index (χ1) is 9.60. The molecule has 1 aromatic rings. The van der Waals surface area contributed by atoms with E-state index in [9.17, 15) is 5.11 Å². The lowest BCUT2D eigenvalue weighted by Crippen LogP contribution is -2.50. The van der Waals surface area contributed by atoms with E-state index in [0.717, 1.165) is 6.54 Å². The second kappa shape index (κ2) is 7.25. The van der Waals surface area contributed by atoms with E-state index in [4.69, 9.17) is 4.42 Å². The Hall–Kier alpha value is -0.840. The first kappa shape index (κ1) is 15.5. The number of furan rings is 1. The molecule has 0 bridgehead atoms. The van der Waals surface area contributed by atoms with Crippen molar-refractivity contribution in [1.82, 2.24) is 10.2 Å². The highest BCUT2D eigenvalue weighted by atomic mass is 16.4. The number of nitrogens with one attached hydrogen (secondary N) is 1. The van der Waals surface area contributed by atoms with Crippen molar-refractivity contribution in [2.45, 2.75) is 51.8 Å². The average Bonchev–Trinajstić information content (AvgIpc) is 2.95. The number of rotatable bonds is 6. The summed E-state index contributed by atoms with van der Waals surface area (Å²) in [6.45, 7) is 10.2. The van der Waals surface area contributed by atoms with Crippen LogP contribution in [0.5, 0.6) is 0 Å². The Bertz CT molecular complexity index is 380. The predicted molar refractivity (Wildman–Crippen MR) is 80.6 cm³/mol. The normalized spacial score (nSPS) is 27.4. The monoisotopic (exact) mass is 280 g/mol. The fourth-order valence-electron chi connectivity index (χ4n) is 3.13. The Morgan fingerprint density at radius 3 is 2.95 bits per heavy atom. The summed E-state index contributed by atoms with van der Waals surface area (Å²) >= 11 is 0. The average molecular weight is 280 g/mol. The second-order valence-corrected chi connectivity index (χ2v) is 6.10. The van der Waals surface area contributed by atoms with Gasteiger partial charge in [0.25, 0.3) is 0 Å². The van der Waals surface area contributed by atoms with Gasteiger partial charge in [-0.1, -0.05) is 13.8 Å². The van der Waals surface area contributed by atoms with E-state index in [2.05, 4.69) is 31.0 Å². The standard InChI is InChI=1S/C16H28N2O2/c1-4-18-8-7-14(12(2)11-18)17-13(3)10-15(19)16-6-5-9-20-16/h5-6,9,12-15,17,19H,4,7-8,10-11H2,1-3H3. The summed E-state index contributed by atoms with van der Waals surface area (Å²) in [4.78, 5) is 2.51. The highest BCUT2D eigenvalue weighted by molar-refractivity contribution is 5.02. The molecule has 0 aliphatic carbocycles. The fourth-order valence-corrected chi connectivity index (χ4v) is 3.13. The van der Waals surface area contributed by atoms with Gasteiger partial charge in [-0.2, -0.15) is 0 Å². The van der Waals surface area contributed by atoms with Gasteiger partial charge in [-0.05, 0) is 50.9 Å². The van der Waals surface area contributed by atoms with Crippen LogP contribution in [0, 0.1) is 5.92 Å². The van der Waals surface area contributed by atoms with E-state index < -0.39 is 6.10 Å². The third kappa shape index (κ3) is 4.08. The van der Waals surface area contributed by atoms with E-state index in [1.165, 1.54) is 19.5 Å². The van der Waals surface area contributed by atoms with Crippen molar-refractivity contribution in [2.24, 2.45) is 5.92 Å². The lowest BCUT2D eigenvalue weighted by atomic mass is 9.92. The molecule has 1 aliphatic heterocycles. The number of hydrogen-bond donors (Lipinski definition) is 2. The van der Waals surface area contributed by atoms with E-state index in [1.54, 1.807) is 6.26 Å². The summed E-state index contributed by atoms with van der Waals surface area (Å²) in [5.74, 6) is 1.32. The Balaban J connectivity index is 1.78. The summed E-state index contributed by atoms with van der Waals surface area (Å²) in [5.41, 5.74) is 0. The van der Waals surface area contributed by atoms with Crippen molar-refractivity contribution in [3.63, 3.8) is 0 Å². The number of aliphatic hydroxyl groups is 1. The zero-order chi connectivity index (χ0) is 14.5. The number of aliphatic hydroxyl groups excluding tert-OH is 1. The molecule has 0 amide bonds. The molecule has 0 aromatic carbocycles. The van der Waals surface area contributed by atoms with Crippen molar-refractivity contribution in [3.8, 4) is 0 Å². The molecule has 0 radical (unpaired) electrons. The van der Waals surface area contributed by atoms with Gasteiger partial charge in [-0.3, -0.25) is 0 Å². The van der Waals surface area contributed by atoms with Gasteiger partial charge in [0.1, 0.15) is 11.9 Å². The first-order valence-electron chi connectivity index (χ1n) is 7.80. The van der Waals surface area contributed by atoms with Gasteiger partial charge in [0.05, 0.1) is 6.26 Å². The molecule has 20 heavy (non-hydrogen) atoms. The summed E-state index contributed by atoms with van der Waals surface area (Å²) in [6, 6.07) is 4.49. The van der Waals surface area contributed by atoms with Gasteiger partial charge in [0, 0.05) is 18.6 Å². The molecule has 1 fully saturated rings. The topological polar surface area (TPSA) is 48.6 Å². The van der Waals surface area contributed by atoms with Crippen LogP contribution in [0.1, 0.15) is 45.5 Å². The van der Waals surface area contributed by atoms with E-state index in [0.29, 0.717) is 24.1 Å². The molecule has 1 aromatic heterocycles. The molecule has 4 atom stereocenters. The largest absolute Gasteiger partial charge is 0.467 e. The van der Waals surface area contributed by atoms with Crippen molar-refractivity contribution in [2.75, 3.05) is 19.6 Å². The van der Waals surface area contributed by atoms with E-state index in [1.807, 2.05) is 12.1 Å². The smallest absolute Gasteiger partial charge is 0.132 e. The Labute approximate surface area is 122 Å². The zero-order valence-corrected chi connectivity index (χ0v) is 12.9. The van der Waals surface area contributed by atoms with Crippen molar-refractivity contribution >= 4 is 0 Å². The maximum Gasteiger partial charge on any atom is 0.132 e. The lowest BCUT2D eigenvalue weighted by Gasteiger charge is -2.38. The van der Waals surface area contributed by atoms with Crippen molar-refractivity contribution < 1.29 is 9.52 Å². The summed E-state index contributed by atoms with van der Waals surface area (Å²) in [5, 5.41) is 13.8. The summed E-state index contributed by atoms with van der Waals surface area (Å²) < 4.78 is 5.25. The third-order valence-electron chi connectivity index (χ3n) is 4.38. The molecule has 0 saturated carbocycles. The fraction of sp³-hybridized carbons (Fsp3) is 0.750. The number of hydrogen-bond acceptors (Lipinski definition) is 4. The van der Waals surface area contributed by atoms with Gasteiger partial charge in [0.2, 0.25) is 0 Å². The molecular formula is C16H28N2O2. The maximum absolute atomic E-state index is 10.1. The van der Waals surface area contributed by atoms with Crippen LogP contribution in [-0.2, 0) is 0 Å². The van der Waals surface area contributed by atoms with Gasteiger partial charge in [-0.25, -0.2) is 0 Å². The van der Waals surface area contributed by atoms with Gasteiger partial charge in [0.15, 0.2) is 0 Å². The Morgan fingerprint density at radius 1 is 1.55 bits per heavy atom. The number of piperidine rings is 1. The molecule has 4 unspecified atom stereocenters. The molecule has 4 nitrogen and oxygen atoms in total. The molecule has 4 heteroatoms. The molecule has 1 saturated heterocycles. The molecule has 2 N–H and O–H groups in total. The van der Waals surface area contributed by atoms with Crippen LogP contribution < -0.4 is 5.32 Å². The minimum absolute atomic E-state index is 0.288. The van der Waals surface area contributed by atoms with Crippen LogP contribution in [0.2, 0.25) is 0 Å². The van der Waals surface area contributed by atoms with Crippen LogP contribution in [0.4, 0.5) is 0 Å². The van der Waals surface area contributed by atoms with Crippen LogP contribution in [-0.4, -0.2) is 41.7 Å². The van der Waals surface area contributed by atoms with E-state index in [-0.39, 0.29) is 6.04 Å². The van der Waals surface area contributed by atoms with Crippen molar-refractivity contribution in [1.29, 1.82) is 0 Å². The highest BCUT2D eigenvalue weighted by Gasteiger charge is 2.26. The highest BCUT2D eigenvalue weighted by Crippen LogP contribution is 2.21. The van der Waals surface area contributed by atoms with Gasteiger partial charge < -0.3 is 19.7 Å². The number of likely N-dealkylation sites (tertiary alicyclic amines) is 1. The maximum atomic E-state index is 10.1. The first-order valence-corrected chi connectivity index (χ1v) is 7.80. The summed E-state index contributed by atoms with van der Waals surface area (Å²) in [6.07, 6.45) is 2.97. The molecule has 2 heterocycles. The minimum Gasteiger partial charge on any atom is -0.467 e. The van der Waals surface area contributed by atoms with Gasteiger partial charge >= 0.3 is 0 Å². The summed E-state index contributed by atoms with van der Waals surface area (Å²) in [7, 11) is 0. The van der Waals surface area contributed by atoms with Crippen LogP contribution >= 0.6 is 0 Å². The van der Waals surface area contributed by atoms with Crippen LogP contribution in [0.3, 0.4) is 0 Å². The quantitative estimate of drug-likeness (QED) is 0.840. The Morgan fingerprint density at radius 2 is 2.35 bits per heavy atom. The van der Waals surface area contributed by atoms with E-state index >= 15 is 0 Å². The third-order valence-corrected chi connectivity index (χ3v) is 4.38. The zero-order valence-electron chi connectivity index (χ0n) is 12.9. The van der Waals surface area contributed by atoms with Crippen molar-refractivity contribution in [3.05, 3.63) is 24.2 Å². The minimum atomic E-state index is -0.515. The Kier molecular flexibility index (Phi) is 5.64. The second-order valence-electron chi connectivity index (χ2n) is 6.10. The molecule has 114 valence electrons. The molecular weight excluding hydrogens is 252 g/mol. The number of nitrogens with zero attached hydrogens (tertiary/aromatic N) is 1. The molecule has 2 rings (SSSR count). The van der Waals surface area contributed by atoms with Gasteiger partial charge in [-0.15, -0.1) is 0 Å². The molecule has 0 spiro atoms. The SMILES string of the molecule is CCN1CCC(NC(C)CC(O)c2ccco2)C(C)C1. The van der Waals surface area contributed by atoms with Crippen LogP contribution in [0.15, 0.2) is 22.8 Å². The molecule has 1 aliphatic rings. The lowest BCUT2D eigenvalue weighted by molar-refractivity contribution is 0.111. The predicted octanol–water partition coefficient (Wildman–Crippen LogP) is 2.41. The van der Waals surface area contributed by atoms with Crippen LogP contribution in [0.25, 0.3) is 0 Å².